The van der Waals surface area contributed by atoms with Gasteiger partial charge in [0.15, 0.2) is 17.2 Å². The van der Waals surface area contributed by atoms with E-state index in [0.717, 1.165) is 6.07 Å². The molecule has 226 valence electrons. The summed E-state index contributed by atoms with van der Waals surface area (Å²) in [5, 5.41) is 5.10. The molecule has 0 saturated carbocycles. The van der Waals surface area contributed by atoms with Gasteiger partial charge in [-0.25, -0.2) is 27.8 Å². The number of aromatic nitrogens is 4. The van der Waals surface area contributed by atoms with Crippen molar-refractivity contribution >= 4 is 27.8 Å². The maximum Gasteiger partial charge on any atom is 0.200 e. The highest BCUT2D eigenvalue weighted by Gasteiger charge is 2.27. The van der Waals surface area contributed by atoms with Crippen molar-refractivity contribution in [3.8, 4) is 28.1 Å². The topological polar surface area (TPSA) is 109 Å². The van der Waals surface area contributed by atoms with Gasteiger partial charge in [0.2, 0.25) is 5.43 Å². The Hall–Kier alpha value is -5.19. The van der Waals surface area contributed by atoms with Crippen LogP contribution in [0.2, 0.25) is 0 Å². The Morgan fingerprint density at radius 2 is 1.66 bits per heavy atom. The van der Waals surface area contributed by atoms with Gasteiger partial charge in [-0.1, -0.05) is 26.0 Å². The quantitative estimate of drug-likeness (QED) is 0.208. The maximum atomic E-state index is 15.0. The lowest BCUT2D eigenvalue weighted by Crippen LogP contribution is -2.16. The van der Waals surface area contributed by atoms with Gasteiger partial charge in [-0.15, -0.1) is 0 Å². The summed E-state index contributed by atoms with van der Waals surface area (Å²) < 4.78 is 56.6. The third kappa shape index (κ3) is 5.48. The summed E-state index contributed by atoms with van der Waals surface area (Å²) in [6.07, 6.45) is 1.04. The molecular weight excluding hydrogens is 571 g/mol. The average Bonchev–Trinajstić information content (AvgIpc) is 3.40. The molecule has 3 aromatic heterocycles. The van der Waals surface area contributed by atoms with E-state index in [1.54, 1.807) is 32.9 Å². The van der Waals surface area contributed by atoms with Crippen LogP contribution in [0.3, 0.4) is 0 Å². The minimum atomic E-state index is -0.815. The molecule has 6 aromatic rings. The number of hydrogen-bond donors (Lipinski definition) is 1. The fraction of sp³-hybridized carbons (Fsp3) is 0.212. The summed E-state index contributed by atoms with van der Waals surface area (Å²) >= 11 is 0. The summed E-state index contributed by atoms with van der Waals surface area (Å²) in [6.45, 7) is 9.30. The maximum absolute atomic E-state index is 15.0. The second kappa shape index (κ2) is 12.2. The van der Waals surface area contributed by atoms with Gasteiger partial charge in [-0.05, 0) is 74.9 Å². The average molecular weight is 602 g/mol. The molecule has 0 radical (unpaired) electrons. The van der Waals surface area contributed by atoms with Crippen LogP contribution in [-0.4, -0.2) is 25.9 Å². The van der Waals surface area contributed by atoms with Crippen molar-refractivity contribution in [1.82, 2.24) is 19.7 Å². The summed E-state index contributed by atoms with van der Waals surface area (Å²) in [7, 11) is 0. The lowest BCUT2D eigenvalue weighted by atomic mass is 9.99. The van der Waals surface area contributed by atoms with Crippen LogP contribution >= 0.6 is 0 Å². The number of nitrogen functional groups attached to an aromatic ring is 1. The largest absolute Gasteiger partial charge is 0.488 e. The molecule has 0 amide bonds. The van der Waals surface area contributed by atoms with Gasteiger partial charge in [0, 0.05) is 5.56 Å². The van der Waals surface area contributed by atoms with Crippen molar-refractivity contribution < 1.29 is 22.3 Å². The second-order valence-corrected chi connectivity index (χ2v) is 10.1. The first-order valence-electron chi connectivity index (χ1n) is 14.1. The number of ether oxygens (including phenoxy) is 1. The normalized spacial score (nSPS) is 11.9. The van der Waals surface area contributed by atoms with Gasteiger partial charge in [-0.2, -0.15) is 5.10 Å². The van der Waals surface area contributed by atoms with Gasteiger partial charge in [0.05, 0.1) is 22.4 Å². The number of benzene rings is 3. The number of fused-ring (bicyclic) bond motifs is 2. The molecule has 44 heavy (non-hydrogen) atoms. The number of rotatable bonds is 6. The molecule has 0 aliphatic heterocycles. The summed E-state index contributed by atoms with van der Waals surface area (Å²) in [6, 6.07) is 12.7. The first-order chi connectivity index (χ1) is 21.1. The minimum Gasteiger partial charge on any atom is -0.488 e. The van der Waals surface area contributed by atoms with Crippen LogP contribution in [0.25, 0.3) is 44.4 Å². The molecule has 0 fully saturated rings. The van der Waals surface area contributed by atoms with Gasteiger partial charge in [0.1, 0.15) is 46.9 Å². The van der Waals surface area contributed by atoms with E-state index < -0.39 is 28.9 Å². The lowest BCUT2D eigenvalue weighted by molar-refractivity contribution is 0.231. The van der Waals surface area contributed by atoms with E-state index in [9.17, 15) is 18.0 Å². The van der Waals surface area contributed by atoms with Crippen molar-refractivity contribution in [2.24, 2.45) is 0 Å². The number of nitrogens with two attached hydrogens (primary N) is 1. The SMILES string of the molecule is CC.CC(C)Oc1ccc(-c2nn(C(C)c3oc4ccc(F)cc4c(=O)c3-c3cccc(F)c3)c3ncnc(N)c23)cc1F. The van der Waals surface area contributed by atoms with Crippen molar-refractivity contribution in [2.45, 2.75) is 46.8 Å². The molecule has 8 nitrogen and oxygen atoms in total. The highest BCUT2D eigenvalue weighted by atomic mass is 19.1. The predicted octanol–water partition coefficient (Wildman–Crippen LogP) is 7.69. The van der Waals surface area contributed by atoms with E-state index in [-0.39, 0.29) is 45.5 Å². The summed E-state index contributed by atoms with van der Waals surface area (Å²) in [4.78, 5) is 22.3. The van der Waals surface area contributed by atoms with E-state index >= 15 is 0 Å². The Bertz CT molecular complexity index is 2060. The second-order valence-electron chi connectivity index (χ2n) is 10.1. The lowest BCUT2D eigenvalue weighted by Gasteiger charge is -2.17. The monoisotopic (exact) mass is 601 g/mol. The minimum absolute atomic E-state index is 0.00183. The molecule has 3 heterocycles. The van der Waals surface area contributed by atoms with Gasteiger partial charge < -0.3 is 14.9 Å². The van der Waals surface area contributed by atoms with Crippen molar-refractivity contribution in [3.05, 3.63) is 100 Å². The highest BCUT2D eigenvalue weighted by molar-refractivity contribution is 5.98. The number of nitrogens with zero attached hydrogens (tertiary/aromatic N) is 4. The molecule has 2 N–H and O–H groups in total. The van der Waals surface area contributed by atoms with Crippen molar-refractivity contribution in [3.63, 3.8) is 0 Å². The first kappa shape index (κ1) is 30.3. The Morgan fingerprint density at radius 1 is 0.909 bits per heavy atom. The molecule has 6 rings (SSSR count). The molecular formula is C33H30F3N5O3. The smallest absolute Gasteiger partial charge is 0.200 e. The van der Waals surface area contributed by atoms with E-state index in [1.807, 2.05) is 13.8 Å². The van der Waals surface area contributed by atoms with Gasteiger partial charge in [0.25, 0.3) is 0 Å². The van der Waals surface area contributed by atoms with Gasteiger partial charge in [-0.3, -0.25) is 4.79 Å². The number of anilines is 1. The zero-order chi connectivity index (χ0) is 31.7. The van der Waals surface area contributed by atoms with E-state index in [2.05, 4.69) is 9.97 Å². The Morgan fingerprint density at radius 3 is 2.36 bits per heavy atom. The molecule has 0 bridgehead atoms. The van der Waals surface area contributed by atoms with E-state index in [0.29, 0.717) is 22.3 Å². The third-order valence-electron chi connectivity index (χ3n) is 6.83. The zero-order valence-corrected chi connectivity index (χ0v) is 24.7. The molecule has 1 atom stereocenters. The van der Waals surface area contributed by atoms with Crippen LogP contribution in [0, 0.1) is 17.5 Å². The molecule has 11 heteroatoms. The van der Waals surface area contributed by atoms with Gasteiger partial charge >= 0.3 is 0 Å². The van der Waals surface area contributed by atoms with E-state index in [4.69, 9.17) is 20.0 Å². The van der Waals surface area contributed by atoms with Crippen LogP contribution < -0.4 is 15.9 Å². The third-order valence-corrected chi connectivity index (χ3v) is 6.83. The van der Waals surface area contributed by atoms with Crippen LogP contribution in [0.4, 0.5) is 19.0 Å². The first-order valence-corrected chi connectivity index (χ1v) is 14.1. The fourth-order valence-corrected chi connectivity index (χ4v) is 4.97. The molecule has 0 saturated heterocycles. The Balaban J connectivity index is 0.00000188. The molecule has 0 spiro atoms. The number of hydrogen-bond acceptors (Lipinski definition) is 7. The van der Waals surface area contributed by atoms with Crippen LogP contribution in [0.5, 0.6) is 5.75 Å². The molecule has 3 aromatic carbocycles. The molecule has 1 unspecified atom stereocenters. The van der Waals surface area contributed by atoms with E-state index in [1.165, 1.54) is 53.5 Å². The van der Waals surface area contributed by atoms with Crippen molar-refractivity contribution in [1.29, 1.82) is 0 Å². The fourth-order valence-electron chi connectivity index (χ4n) is 4.97. The number of halogens is 3. The zero-order valence-electron chi connectivity index (χ0n) is 24.7. The summed E-state index contributed by atoms with van der Waals surface area (Å²) in [5.74, 6) is -1.45. The Kier molecular flexibility index (Phi) is 8.39. The molecule has 0 aliphatic carbocycles. The van der Waals surface area contributed by atoms with Crippen molar-refractivity contribution in [2.75, 3.05) is 5.73 Å². The highest BCUT2D eigenvalue weighted by Crippen LogP contribution is 2.37. The van der Waals surface area contributed by atoms with Crippen LogP contribution in [0.1, 0.15) is 46.4 Å². The molecule has 0 aliphatic rings. The van der Waals surface area contributed by atoms with Crippen LogP contribution in [-0.2, 0) is 0 Å². The van der Waals surface area contributed by atoms with Crippen LogP contribution in [0.15, 0.2) is 76.2 Å². The Labute approximate surface area is 250 Å². The standard InChI is InChI=1S/C31H24F3N5O3.C2H6/c1-15(2)41-24-9-7-18(12-22(24)34)27-26-30(35)36-14-37-31(26)39(38-27)16(3)29-25(17-5-4-6-19(32)11-17)28(40)21-13-20(33)8-10-23(21)42-29;1-2/h4-16H,1-3H3,(H2,35,36,37);1-2H3. The predicted molar refractivity (Wildman–Crippen MR) is 164 cm³/mol. The summed E-state index contributed by atoms with van der Waals surface area (Å²) in [5.41, 5.74) is 7.10.